The highest BCUT2D eigenvalue weighted by molar-refractivity contribution is 5.81. The zero-order chi connectivity index (χ0) is 15.8. The van der Waals surface area contributed by atoms with Crippen LogP contribution >= 0.6 is 0 Å². The summed E-state index contributed by atoms with van der Waals surface area (Å²) in [6.07, 6.45) is 1.12. The van der Waals surface area contributed by atoms with Gasteiger partial charge in [-0.3, -0.25) is 9.59 Å². The van der Waals surface area contributed by atoms with E-state index in [1.54, 1.807) is 6.92 Å². The predicted molar refractivity (Wildman–Crippen MR) is 80.8 cm³/mol. The molecular formula is C17H24O4. The smallest absolute Gasteiger partial charge is 0.309 e. The van der Waals surface area contributed by atoms with Crippen molar-refractivity contribution in [2.24, 2.45) is 17.8 Å². The topological polar surface area (TPSA) is 63.6 Å². The van der Waals surface area contributed by atoms with Gasteiger partial charge in [-0.1, -0.05) is 51.1 Å². The van der Waals surface area contributed by atoms with Crippen LogP contribution < -0.4 is 0 Å². The summed E-state index contributed by atoms with van der Waals surface area (Å²) in [7, 11) is 0. The van der Waals surface area contributed by atoms with Crippen molar-refractivity contribution in [3.05, 3.63) is 35.9 Å². The van der Waals surface area contributed by atoms with Gasteiger partial charge < -0.3 is 9.84 Å². The van der Waals surface area contributed by atoms with Gasteiger partial charge in [0.1, 0.15) is 0 Å². The van der Waals surface area contributed by atoms with Crippen LogP contribution in [0.15, 0.2) is 30.3 Å². The van der Waals surface area contributed by atoms with Crippen molar-refractivity contribution >= 4 is 11.9 Å². The Balaban J connectivity index is 2.63. The van der Waals surface area contributed by atoms with E-state index in [9.17, 15) is 14.7 Å². The molecule has 0 saturated carbocycles. The molecule has 1 N–H and O–H groups in total. The van der Waals surface area contributed by atoms with Crippen LogP contribution in [-0.4, -0.2) is 23.7 Å². The van der Waals surface area contributed by atoms with Crippen molar-refractivity contribution in [1.29, 1.82) is 0 Å². The minimum Gasteiger partial charge on any atom is -0.481 e. The largest absolute Gasteiger partial charge is 0.481 e. The number of aliphatic carboxylic acids is 1. The molecule has 21 heavy (non-hydrogen) atoms. The fraction of sp³-hybridized carbons (Fsp3) is 0.529. The summed E-state index contributed by atoms with van der Waals surface area (Å²) in [4.78, 5) is 23.4. The van der Waals surface area contributed by atoms with E-state index in [4.69, 9.17) is 4.74 Å². The molecule has 116 valence electrons. The fourth-order valence-corrected chi connectivity index (χ4v) is 2.04. The average Bonchev–Trinajstić information content (AvgIpc) is 2.44. The molecule has 4 heteroatoms. The maximum absolute atomic E-state index is 12.0. The molecule has 0 radical (unpaired) electrons. The van der Waals surface area contributed by atoms with E-state index in [0.29, 0.717) is 18.9 Å². The van der Waals surface area contributed by atoms with Gasteiger partial charge in [-0.05, 0) is 24.3 Å². The number of ether oxygens (including phenoxy) is 1. The average molecular weight is 292 g/mol. The van der Waals surface area contributed by atoms with Crippen molar-refractivity contribution in [2.75, 3.05) is 6.61 Å². The molecule has 0 aliphatic heterocycles. The van der Waals surface area contributed by atoms with E-state index < -0.39 is 23.8 Å². The van der Waals surface area contributed by atoms with Gasteiger partial charge in [0.15, 0.2) is 0 Å². The number of rotatable bonds is 8. The molecule has 0 aliphatic rings. The molecule has 4 nitrogen and oxygen atoms in total. The standard InChI is InChI=1S/C17H24O4/c1-12(2)9-10-21-17(20)13(3)15(16(18)19)11-14-7-5-4-6-8-14/h4-8,12-13,15H,9-11H2,1-3H3,(H,18,19)/t13-,15+/m0/s1. The van der Waals surface area contributed by atoms with E-state index in [2.05, 4.69) is 0 Å². The molecule has 2 atom stereocenters. The maximum atomic E-state index is 12.0. The molecule has 0 bridgehead atoms. The molecule has 1 aromatic rings. The van der Waals surface area contributed by atoms with Gasteiger partial charge in [0.25, 0.3) is 0 Å². The summed E-state index contributed by atoms with van der Waals surface area (Å²) < 4.78 is 5.18. The van der Waals surface area contributed by atoms with Crippen molar-refractivity contribution < 1.29 is 19.4 Å². The second kappa shape index (κ2) is 8.45. The Hall–Kier alpha value is -1.84. The molecule has 0 spiro atoms. The van der Waals surface area contributed by atoms with Crippen molar-refractivity contribution in [2.45, 2.75) is 33.6 Å². The van der Waals surface area contributed by atoms with Crippen molar-refractivity contribution in [3.63, 3.8) is 0 Å². The minimum absolute atomic E-state index is 0.330. The highest BCUT2D eigenvalue weighted by Gasteiger charge is 2.31. The third kappa shape index (κ3) is 5.98. The normalized spacial score (nSPS) is 13.7. The van der Waals surface area contributed by atoms with Crippen molar-refractivity contribution in [3.8, 4) is 0 Å². The summed E-state index contributed by atoms with van der Waals surface area (Å²) in [5.74, 6) is -2.37. The predicted octanol–water partition coefficient (Wildman–Crippen LogP) is 3.16. The van der Waals surface area contributed by atoms with Crippen LogP contribution in [0.4, 0.5) is 0 Å². The number of hydrogen-bond acceptors (Lipinski definition) is 3. The number of carboxylic acids is 1. The Morgan fingerprint density at radius 2 is 1.76 bits per heavy atom. The third-order valence-corrected chi connectivity index (χ3v) is 3.53. The van der Waals surface area contributed by atoms with E-state index in [0.717, 1.165) is 12.0 Å². The number of carbonyl (C=O) groups is 2. The first-order valence-electron chi connectivity index (χ1n) is 7.35. The van der Waals surface area contributed by atoms with E-state index in [-0.39, 0.29) is 0 Å². The summed E-state index contributed by atoms with van der Waals surface area (Å²) in [5.41, 5.74) is 0.909. The Morgan fingerprint density at radius 3 is 2.29 bits per heavy atom. The van der Waals surface area contributed by atoms with Crippen LogP contribution in [0.1, 0.15) is 32.8 Å². The van der Waals surface area contributed by atoms with Crippen LogP contribution in [0.3, 0.4) is 0 Å². The van der Waals surface area contributed by atoms with Gasteiger partial charge in [0.05, 0.1) is 18.4 Å². The van der Waals surface area contributed by atoms with Crippen LogP contribution in [0.2, 0.25) is 0 Å². The molecule has 0 aliphatic carbocycles. The summed E-state index contributed by atoms with van der Waals surface area (Å²) in [5, 5.41) is 9.36. The molecule has 1 aromatic carbocycles. The van der Waals surface area contributed by atoms with Crippen LogP contribution in [-0.2, 0) is 20.7 Å². The monoisotopic (exact) mass is 292 g/mol. The molecule has 0 saturated heterocycles. The van der Waals surface area contributed by atoms with E-state index >= 15 is 0 Å². The third-order valence-electron chi connectivity index (χ3n) is 3.53. The number of hydrogen-bond donors (Lipinski definition) is 1. The first-order chi connectivity index (χ1) is 9.91. The fourth-order valence-electron chi connectivity index (χ4n) is 2.04. The Morgan fingerprint density at radius 1 is 1.14 bits per heavy atom. The Labute approximate surface area is 126 Å². The van der Waals surface area contributed by atoms with E-state index in [1.165, 1.54) is 0 Å². The lowest BCUT2D eigenvalue weighted by atomic mass is 9.88. The second-order valence-electron chi connectivity index (χ2n) is 5.77. The van der Waals surface area contributed by atoms with Gasteiger partial charge in [-0.15, -0.1) is 0 Å². The zero-order valence-corrected chi connectivity index (χ0v) is 12.9. The number of carboxylic acid groups (broad SMARTS) is 1. The molecule has 0 aromatic heterocycles. The summed E-state index contributed by atoms with van der Waals surface area (Å²) >= 11 is 0. The minimum atomic E-state index is -0.966. The van der Waals surface area contributed by atoms with Crippen LogP contribution in [0, 0.1) is 17.8 Å². The van der Waals surface area contributed by atoms with Gasteiger partial charge in [-0.2, -0.15) is 0 Å². The first kappa shape index (κ1) is 17.2. The van der Waals surface area contributed by atoms with Crippen LogP contribution in [0.25, 0.3) is 0 Å². The summed E-state index contributed by atoms with van der Waals surface area (Å²) in [6, 6.07) is 9.34. The Bertz CT molecular complexity index is 453. The molecule has 0 fully saturated rings. The van der Waals surface area contributed by atoms with Crippen LogP contribution in [0.5, 0.6) is 0 Å². The van der Waals surface area contributed by atoms with Gasteiger partial charge in [-0.25, -0.2) is 0 Å². The zero-order valence-electron chi connectivity index (χ0n) is 12.9. The SMILES string of the molecule is CC(C)CCOC(=O)[C@@H](C)[C@@H](Cc1ccccc1)C(=O)O. The molecule has 0 unspecified atom stereocenters. The van der Waals surface area contributed by atoms with Gasteiger partial charge in [0.2, 0.25) is 0 Å². The van der Waals surface area contributed by atoms with Crippen molar-refractivity contribution in [1.82, 2.24) is 0 Å². The quantitative estimate of drug-likeness (QED) is 0.748. The van der Waals surface area contributed by atoms with Gasteiger partial charge in [0, 0.05) is 0 Å². The molecular weight excluding hydrogens is 268 g/mol. The highest BCUT2D eigenvalue weighted by Crippen LogP contribution is 2.20. The number of carbonyl (C=O) groups excluding carboxylic acids is 1. The lowest BCUT2D eigenvalue weighted by Crippen LogP contribution is -2.31. The lowest BCUT2D eigenvalue weighted by molar-refractivity contribution is -0.157. The number of benzene rings is 1. The molecule has 1 rings (SSSR count). The summed E-state index contributed by atoms with van der Waals surface area (Å²) in [6.45, 7) is 6.07. The second-order valence-corrected chi connectivity index (χ2v) is 5.77. The highest BCUT2D eigenvalue weighted by atomic mass is 16.5. The first-order valence-corrected chi connectivity index (χ1v) is 7.35. The lowest BCUT2D eigenvalue weighted by Gasteiger charge is -2.19. The molecule has 0 heterocycles. The Kier molecular flexibility index (Phi) is 6.92. The molecule has 0 amide bonds. The van der Waals surface area contributed by atoms with E-state index in [1.807, 2.05) is 44.2 Å². The maximum Gasteiger partial charge on any atom is 0.309 e. The van der Waals surface area contributed by atoms with Gasteiger partial charge >= 0.3 is 11.9 Å². The number of esters is 1.